The number of rotatable bonds is 6. The summed E-state index contributed by atoms with van der Waals surface area (Å²) in [7, 11) is 1.51. The van der Waals surface area contributed by atoms with Gasteiger partial charge in [-0.25, -0.2) is 4.79 Å². The number of thioether (sulfide) groups is 1. The highest BCUT2D eigenvalue weighted by Crippen LogP contribution is 2.21. The number of benzene rings is 1. The number of hydrogen-bond acceptors (Lipinski definition) is 3. The first-order valence-electron chi connectivity index (χ1n) is 5.78. The quantitative estimate of drug-likeness (QED) is 0.821. The van der Waals surface area contributed by atoms with E-state index >= 15 is 0 Å². The number of likely N-dealkylation sites (N-methyl/N-ethyl adjacent to an activating group) is 1. The minimum atomic E-state index is -0.999. The van der Waals surface area contributed by atoms with Gasteiger partial charge < -0.3 is 10.0 Å². The lowest BCUT2D eigenvalue weighted by atomic mass is 10.3. The highest BCUT2D eigenvalue weighted by atomic mass is 35.5. The molecule has 1 aromatic carbocycles. The maximum absolute atomic E-state index is 11.8. The van der Waals surface area contributed by atoms with E-state index in [4.69, 9.17) is 16.7 Å². The molecule has 104 valence electrons. The Labute approximate surface area is 121 Å². The second-order valence-corrected chi connectivity index (χ2v) is 5.68. The molecule has 0 saturated carbocycles. The summed E-state index contributed by atoms with van der Waals surface area (Å²) in [6, 6.07) is 6.57. The van der Waals surface area contributed by atoms with Gasteiger partial charge in [-0.3, -0.25) is 4.79 Å². The molecule has 1 N–H and O–H groups in total. The lowest BCUT2D eigenvalue weighted by Gasteiger charge is -2.21. The van der Waals surface area contributed by atoms with Crippen LogP contribution >= 0.6 is 23.4 Å². The minimum absolute atomic E-state index is 0.170. The van der Waals surface area contributed by atoms with Crippen molar-refractivity contribution in [3.63, 3.8) is 0 Å². The van der Waals surface area contributed by atoms with Gasteiger partial charge in [0.25, 0.3) is 0 Å². The molecule has 0 aromatic heterocycles. The number of carboxylic acid groups (broad SMARTS) is 1. The summed E-state index contributed by atoms with van der Waals surface area (Å²) >= 11 is 7.32. The molecule has 0 heterocycles. The zero-order valence-electron chi connectivity index (χ0n) is 10.8. The molecule has 1 atom stereocenters. The SMILES string of the molecule is CC(C(=O)O)N(C)C(=O)CCSc1ccc(Cl)cc1. The van der Waals surface area contributed by atoms with Crippen LogP contribution in [0.15, 0.2) is 29.2 Å². The van der Waals surface area contributed by atoms with Gasteiger partial charge in [0.05, 0.1) is 0 Å². The van der Waals surface area contributed by atoms with E-state index in [-0.39, 0.29) is 5.91 Å². The maximum atomic E-state index is 11.8. The molecule has 1 aromatic rings. The number of amides is 1. The molecule has 0 aliphatic carbocycles. The second-order valence-electron chi connectivity index (χ2n) is 4.07. The highest BCUT2D eigenvalue weighted by Gasteiger charge is 2.20. The van der Waals surface area contributed by atoms with Gasteiger partial charge in [-0.2, -0.15) is 0 Å². The van der Waals surface area contributed by atoms with E-state index in [0.29, 0.717) is 17.2 Å². The first kappa shape index (κ1) is 15.9. The van der Waals surface area contributed by atoms with Gasteiger partial charge >= 0.3 is 5.97 Å². The molecule has 1 amide bonds. The van der Waals surface area contributed by atoms with Crippen LogP contribution < -0.4 is 0 Å². The van der Waals surface area contributed by atoms with E-state index in [9.17, 15) is 9.59 Å². The molecule has 0 saturated heterocycles. The fourth-order valence-electron chi connectivity index (χ4n) is 1.35. The molecule has 6 heteroatoms. The second kappa shape index (κ2) is 7.40. The Kier molecular flexibility index (Phi) is 6.18. The van der Waals surface area contributed by atoms with Crippen molar-refractivity contribution < 1.29 is 14.7 Å². The molecule has 0 bridgehead atoms. The smallest absolute Gasteiger partial charge is 0.326 e. The van der Waals surface area contributed by atoms with Crippen molar-refractivity contribution in [2.75, 3.05) is 12.8 Å². The third-order valence-electron chi connectivity index (χ3n) is 2.73. The Bertz CT molecular complexity index is 450. The first-order chi connectivity index (χ1) is 8.91. The summed E-state index contributed by atoms with van der Waals surface area (Å²) < 4.78 is 0. The zero-order chi connectivity index (χ0) is 14.4. The first-order valence-corrected chi connectivity index (χ1v) is 7.15. The molecular weight excluding hydrogens is 286 g/mol. The van der Waals surface area contributed by atoms with Crippen molar-refractivity contribution in [2.24, 2.45) is 0 Å². The number of carboxylic acids is 1. The third kappa shape index (κ3) is 5.12. The molecule has 0 spiro atoms. The van der Waals surface area contributed by atoms with Crippen LogP contribution in [0.1, 0.15) is 13.3 Å². The Morgan fingerprint density at radius 3 is 2.47 bits per heavy atom. The lowest BCUT2D eigenvalue weighted by molar-refractivity contribution is -0.148. The normalized spacial score (nSPS) is 11.9. The lowest BCUT2D eigenvalue weighted by Crippen LogP contribution is -2.40. The van der Waals surface area contributed by atoms with Crippen molar-refractivity contribution in [3.8, 4) is 0 Å². The molecule has 0 aliphatic heterocycles. The van der Waals surface area contributed by atoms with Gasteiger partial charge in [0.2, 0.25) is 5.91 Å². The number of halogens is 1. The van der Waals surface area contributed by atoms with Crippen molar-refractivity contribution >= 4 is 35.2 Å². The van der Waals surface area contributed by atoms with Crippen LogP contribution in [0.25, 0.3) is 0 Å². The summed E-state index contributed by atoms with van der Waals surface area (Å²) in [5, 5.41) is 9.50. The number of carbonyl (C=O) groups excluding carboxylic acids is 1. The van der Waals surface area contributed by atoms with E-state index in [1.165, 1.54) is 18.9 Å². The Morgan fingerprint density at radius 1 is 1.37 bits per heavy atom. The number of nitrogens with zero attached hydrogens (tertiary/aromatic N) is 1. The van der Waals surface area contributed by atoms with E-state index < -0.39 is 12.0 Å². The van der Waals surface area contributed by atoms with Gasteiger partial charge in [0, 0.05) is 29.1 Å². The minimum Gasteiger partial charge on any atom is -0.480 e. The van der Waals surface area contributed by atoms with Gasteiger partial charge in [0.15, 0.2) is 0 Å². The van der Waals surface area contributed by atoms with Crippen LogP contribution in [-0.4, -0.2) is 40.7 Å². The molecule has 19 heavy (non-hydrogen) atoms. The van der Waals surface area contributed by atoms with Crippen LogP contribution in [-0.2, 0) is 9.59 Å². The standard InChI is InChI=1S/C13H16ClNO3S/c1-9(13(17)18)15(2)12(16)7-8-19-11-5-3-10(14)4-6-11/h3-6,9H,7-8H2,1-2H3,(H,17,18). The van der Waals surface area contributed by atoms with Gasteiger partial charge in [-0.15, -0.1) is 11.8 Å². The largest absolute Gasteiger partial charge is 0.480 e. The van der Waals surface area contributed by atoms with Crippen molar-refractivity contribution in [1.82, 2.24) is 4.90 Å². The third-order valence-corrected chi connectivity index (χ3v) is 4.00. The summed E-state index contributed by atoms with van der Waals surface area (Å²) in [6.07, 6.45) is 0.307. The Hall–Kier alpha value is -1.20. The average Bonchev–Trinajstić information content (AvgIpc) is 2.39. The fraction of sp³-hybridized carbons (Fsp3) is 0.385. The van der Waals surface area contributed by atoms with Crippen LogP contribution in [0, 0.1) is 0 Å². The van der Waals surface area contributed by atoms with Crippen LogP contribution in [0.2, 0.25) is 5.02 Å². The molecule has 1 rings (SSSR count). The monoisotopic (exact) mass is 301 g/mol. The summed E-state index contributed by atoms with van der Waals surface area (Å²) in [6.45, 7) is 1.49. The van der Waals surface area contributed by atoms with Gasteiger partial charge in [-0.1, -0.05) is 11.6 Å². The van der Waals surface area contributed by atoms with Crippen LogP contribution in [0.4, 0.5) is 0 Å². The predicted molar refractivity (Wildman–Crippen MR) is 76.7 cm³/mol. The molecule has 1 unspecified atom stereocenters. The van der Waals surface area contributed by atoms with Gasteiger partial charge in [-0.05, 0) is 31.2 Å². The summed E-state index contributed by atoms with van der Waals surface area (Å²) in [5.74, 6) is -0.561. The number of aliphatic carboxylic acids is 1. The van der Waals surface area contributed by atoms with Crippen molar-refractivity contribution in [2.45, 2.75) is 24.3 Å². The highest BCUT2D eigenvalue weighted by molar-refractivity contribution is 7.99. The Morgan fingerprint density at radius 2 is 1.95 bits per heavy atom. The van der Waals surface area contributed by atoms with E-state index in [2.05, 4.69) is 0 Å². The van der Waals surface area contributed by atoms with Crippen molar-refractivity contribution in [1.29, 1.82) is 0 Å². The molecular formula is C13H16ClNO3S. The number of hydrogen-bond donors (Lipinski definition) is 1. The molecule has 0 fully saturated rings. The van der Waals surface area contributed by atoms with E-state index in [1.54, 1.807) is 23.9 Å². The van der Waals surface area contributed by atoms with Gasteiger partial charge in [0.1, 0.15) is 6.04 Å². The van der Waals surface area contributed by atoms with E-state index in [1.807, 2.05) is 12.1 Å². The van der Waals surface area contributed by atoms with E-state index in [0.717, 1.165) is 4.90 Å². The zero-order valence-corrected chi connectivity index (χ0v) is 12.4. The molecule has 4 nitrogen and oxygen atoms in total. The van der Waals surface area contributed by atoms with Crippen LogP contribution in [0.3, 0.4) is 0 Å². The topological polar surface area (TPSA) is 57.6 Å². The molecule has 0 aliphatic rings. The summed E-state index contributed by atoms with van der Waals surface area (Å²) in [5.41, 5.74) is 0. The average molecular weight is 302 g/mol. The maximum Gasteiger partial charge on any atom is 0.326 e. The van der Waals surface area contributed by atoms with Crippen LogP contribution in [0.5, 0.6) is 0 Å². The fourth-order valence-corrected chi connectivity index (χ4v) is 2.31. The predicted octanol–water partition coefficient (Wildman–Crippen LogP) is 2.75. The Balaban J connectivity index is 2.38. The van der Waals surface area contributed by atoms with Crippen molar-refractivity contribution in [3.05, 3.63) is 29.3 Å². The molecule has 0 radical (unpaired) electrons. The number of carbonyl (C=O) groups is 2. The summed E-state index contributed by atoms with van der Waals surface area (Å²) in [4.78, 5) is 24.8.